The molecule has 1 aliphatic rings. The van der Waals surface area contributed by atoms with E-state index in [1.807, 2.05) is 64.1 Å². The second kappa shape index (κ2) is 15.7. The van der Waals surface area contributed by atoms with Crippen molar-refractivity contribution in [3.8, 4) is 33.4 Å². The maximum absolute atomic E-state index is 4.71. The minimum atomic E-state index is 0.0173. The summed E-state index contributed by atoms with van der Waals surface area (Å²) in [4.78, 5) is 4.71. The third-order valence-electron chi connectivity index (χ3n) is 10.2. The number of allylic oxidation sites excluding steroid dienone is 1. The summed E-state index contributed by atoms with van der Waals surface area (Å²) in [5.74, 6) is 0. The molecule has 1 heteroatoms. The van der Waals surface area contributed by atoms with Gasteiger partial charge >= 0.3 is 0 Å². The van der Waals surface area contributed by atoms with Crippen molar-refractivity contribution in [3.63, 3.8) is 0 Å². The Labute approximate surface area is 307 Å². The van der Waals surface area contributed by atoms with Crippen LogP contribution in [0.5, 0.6) is 0 Å². The molecular weight excluding hydrogens is 615 g/mol. The van der Waals surface area contributed by atoms with Crippen LogP contribution in [0, 0.1) is 27.7 Å². The Hall–Kier alpha value is -5.27. The maximum atomic E-state index is 4.71. The van der Waals surface area contributed by atoms with Gasteiger partial charge < -0.3 is 0 Å². The molecule has 6 aromatic rings. The molecule has 0 atom stereocenters. The van der Waals surface area contributed by atoms with Crippen LogP contribution in [0.4, 0.5) is 5.69 Å². The van der Waals surface area contributed by atoms with Gasteiger partial charge in [0.25, 0.3) is 0 Å². The second-order valence-electron chi connectivity index (χ2n) is 13.9. The number of fused-ring (bicyclic) bond motifs is 3. The Morgan fingerprint density at radius 2 is 1.08 bits per heavy atom. The fourth-order valence-corrected chi connectivity index (χ4v) is 7.69. The topological polar surface area (TPSA) is 12.4 Å². The number of para-hydroxylation sites is 1. The van der Waals surface area contributed by atoms with Crippen LogP contribution in [0.1, 0.15) is 86.1 Å². The molecule has 0 fully saturated rings. The highest BCUT2D eigenvalue weighted by molar-refractivity contribution is 6.00. The molecule has 1 aliphatic carbocycles. The second-order valence-corrected chi connectivity index (χ2v) is 13.9. The van der Waals surface area contributed by atoms with E-state index in [9.17, 15) is 0 Å². The molecule has 0 heterocycles. The van der Waals surface area contributed by atoms with E-state index in [0.29, 0.717) is 0 Å². The van der Waals surface area contributed by atoms with Gasteiger partial charge in [0.05, 0.1) is 5.69 Å². The van der Waals surface area contributed by atoms with E-state index in [4.69, 9.17) is 4.99 Å². The highest BCUT2D eigenvalue weighted by Gasteiger charge is 2.37. The van der Waals surface area contributed by atoms with Gasteiger partial charge in [0, 0.05) is 16.7 Å². The summed E-state index contributed by atoms with van der Waals surface area (Å²) in [6, 6.07) is 45.2. The van der Waals surface area contributed by atoms with Crippen molar-refractivity contribution < 1.29 is 0 Å². The number of hydrogen-bond donors (Lipinski definition) is 0. The molecule has 0 unspecified atom stereocenters. The Morgan fingerprint density at radius 1 is 0.529 bits per heavy atom. The first kappa shape index (κ1) is 37.0. The first-order valence-electron chi connectivity index (χ1n) is 18.3. The summed E-state index contributed by atoms with van der Waals surface area (Å²) in [5.41, 5.74) is 21.8. The monoisotopic (exact) mass is 667 g/mol. The SMILES string of the molecule is C=C(C)c1ccccc1N=C(C)c1ccccc1.CC.Cc1ccccc1-c1c(C)ccc(-c2ccc3c(c2C)C(C)(C)c2ccccc2-3)c1C. The van der Waals surface area contributed by atoms with Gasteiger partial charge in [-0.2, -0.15) is 0 Å². The van der Waals surface area contributed by atoms with Crippen molar-refractivity contribution in [1.29, 1.82) is 0 Å². The van der Waals surface area contributed by atoms with Crippen molar-refractivity contribution in [1.82, 2.24) is 0 Å². The molecule has 51 heavy (non-hydrogen) atoms. The summed E-state index contributed by atoms with van der Waals surface area (Å²) in [5, 5.41) is 0. The van der Waals surface area contributed by atoms with Gasteiger partial charge in [-0.3, -0.25) is 4.99 Å². The third kappa shape index (κ3) is 7.31. The lowest BCUT2D eigenvalue weighted by Gasteiger charge is -2.25. The van der Waals surface area contributed by atoms with Gasteiger partial charge in [0.2, 0.25) is 0 Å². The zero-order valence-electron chi connectivity index (χ0n) is 32.3. The minimum Gasteiger partial charge on any atom is -0.253 e. The molecule has 0 saturated heterocycles. The molecular formula is C50H53N. The van der Waals surface area contributed by atoms with Gasteiger partial charge in [0.1, 0.15) is 0 Å². The van der Waals surface area contributed by atoms with Crippen LogP contribution < -0.4 is 0 Å². The summed E-state index contributed by atoms with van der Waals surface area (Å²) in [7, 11) is 0. The molecule has 0 aliphatic heterocycles. The first-order valence-corrected chi connectivity index (χ1v) is 18.3. The van der Waals surface area contributed by atoms with Crippen LogP contribution in [0.2, 0.25) is 0 Å². The highest BCUT2D eigenvalue weighted by atomic mass is 14.7. The summed E-state index contributed by atoms with van der Waals surface area (Å²) >= 11 is 0. The van der Waals surface area contributed by atoms with Gasteiger partial charge in [-0.1, -0.05) is 156 Å². The first-order chi connectivity index (χ1) is 24.5. The quantitative estimate of drug-likeness (QED) is 0.162. The van der Waals surface area contributed by atoms with Crippen molar-refractivity contribution in [2.24, 2.45) is 4.99 Å². The average molecular weight is 668 g/mol. The standard InChI is InChI=1S/C31H30.C17H17N.C2H6/c1-19-11-7-8-12-23(19)29-20(2)15-16-24(21(29)3)25-17-18-27-26-13-9-10-14-28(26)31(5,6)30(27)22(25)4;1-13(2)16-11-7-8-12-17(16)18-14(3)15-9-5-4-6-10-15;1-2/h7-18H,1-6H3;4-12H,1H2,2-3H3;1-2H3. The Balaban J connectivity index is 0.000000215. The van der Waals surface area contributed by atoms with Gasteiger partial charge in [0.15, 0.2) is 0 Å². The van der Waals surface area contributed by atoms with Crippen LogP contribution in [0.3, 0.4) is 0 Å². The molecule has 0 saturated carbocycles. The molecule has 0 N–H and O–H groups in total. The molecule has 7 rings (SSSR count). The number of rotatable bonds is 5. The molecule has 1 nitrogen and oxygen atoms in total. The normalized spacial score (nSPS) is 12.5. The van der Waals surface area contributed by atoms with Crippen LogP contribution in [-0.4, -0.2) is 5.71 Å². The van der Waals surface area contributed by atoms with Crippen LogP contribution >= 0.6 is 0 Å². The van der Waals surface area contributed by atoms with Crippen LogP contribution in [0.25, 0.3) is 39.0 Å². The van der Waals surface area contributed by atoms with Crippen molar-refractivity contribution in [3.05, 3.63) is 178 Å². The molecule has 0 spiro atoms. The van der Waals surface area contributed by atoms with E-state index in [0.717, 1.165) is 28.1 Å². The summed E-state index contributed by atoms with van der Waals surface area (Å²) in [6.07, 6.45) is 0. The zero-order valence-corrected chi connectivity index (χ0v) is 32.3. The van der Waals surface area contributed by atoms with Crippen molar-refractivity contribution >= 4 is 17.0 Å². The van der Waals surface area contributed by atoms with E-state index in [-0.39, 0.29) is 5.41 Å². The molecule has 0 aromatic heterocycles. The predicted molar refractivity (Wildman–Crippen MR) is 225 cm³/mol. The number of aryl methyl sites for hydroxylation is 2. The Kier molecular flexibility index (Phi) is 11.4. The lowest BCUT2D eigenvalue weighted by molar-refractivity contribution is 0.656. The molecule has 0 radical (unpaired) electrons. The molecule has 258 valence electrons. The Morgan fingerprint density at radius 3 is 1.76 bits per heavy atom. The molecule has 0 bridgehead atoms. The lowest BCUT2D eigenvalue weighted by Crippen LogP contribution is -2.16. The largest absolute Gasteiger partial charge is 0.253 e. The van der Waals surface area contributed by atoms with Crippen LogP contribution in [-0.2, 0) is 5.41 Å². The van der Waals surface area contributed by atoms with E-state index in [1.54, 1.807) is 0 Å². The summed E-state index contributed by atoms with van der Waals surface area (Å²) in [6.45, 7) is 25.8. The van der Waals surface area contributed by atoms with Gasteiger partial charge in [-0.05, 0) is 126 Å². The zero-order chi connectivity index (χ0) is 36.9. The van der Waals surface area contributed by atoms with Crippen molar-refractivity contribution in [2.45, 2.75) is 74.7 Å². The third-order valence-corrected chi connectivity index (χ3v) is 10.2. The fourth-order valence-electron chi connectivity index (χ4n) is 7.69. The number of aliphatic imine (C=N–C) groups is 1. The lowest BCUT2D eigenvalue weighted by atomic mass is 9.78. The Bertz CT molecular complexity index is 2210. The van der Waals surface area contributed by atoms with Crippen LogP contribution in [0.15, 0.2) is 139 Å². The summed E-state index contributed by atoms with van der Waals surface area (Å²) < 4.78 is 0. The number of hydrogen-bond acceptors (Lipinski definition) is 1. The minimum absolute atomic E-state index is 0.0173. The van der Waals surface area contributed by atoms with E-state index >= 15 is 0 Å². The number of benzene rings is 6. The smallest absolute Gasteiger partial charge is 0.0707 e. The molecule has 6 aromatic carbocycles. The predicted octanol–water partition coefficient (Wildman–Crippen LogP) is 14.4. The average Bonchev–Trinajstić information content (AvgIpc) is 3.38. The van der Waals surface area contributed by atoms with E-state index in [1.165, 1.54) is 66.8 Å². The maximum Gasteiger partial charge on any atom is 0.0707 e. The van der Waals surface area contributed by atoms with Gasteiger partial charge in [-0.25, -0.2) is 0 Å². The highest BCUT2D eigenvalue weighted by Crippen LogP contribution is 2.52. The van der Waals surface area contributed by atoms with Crippen molar-refractivity contribution in [2.75, 3.05) is 0 Å². The van der Waals surface area contributed by atoms with E-state index < -0.39 is 0 Å². The van der Waals surface area contributed by atoms with E-state index in [2.05, 4.69) is 139 Å². The number of nitrogens with zero attached hydrogens (tertiary/aromatic N) is 1. The van der Waals surface area contributed by atoms with Gasteiger partial charge in [-0.15, -0.1) is 0 Å². The fraction of sp³-hybridized carbons (Fsp3) is 0.220. The molecule has 0 amide bonds.